The first-order chi connectivity index (χ1) is 17.5. The molecule has 1 aromatic heterocycles. The van der Waals surface area contributed by atoms with Crippen molar-refractivity contribution in [3.05, 3.63) is 93.9 Å². The lowest BCUT2D eigenvalue weighted by Gasteiger charge is -2.32. The molecular formula is C27H28FN3O4S. The summed E-state index contributed by atoms with van der Waals surface area (Å²) in [6, 6.07) is 17.2. The second kappa shape index (κ2) is 12.4. The fourth-order valence-electron chi connectivity index (χ4n) is 4.09. The molecule has 0 saturated carbocycles. The van der Waals surface area contributed by atoms with Crippen LogP contribution in [0.15, 0.2) is 72.1 Å². The summed E-state index contributed by atoms with van der Waals surface area (Å²) < 4.78 is 19.2. The van der Waals surface area contributed by atoms with Crippen molar-refractivity contribution >= 4 is 29.1 Å². The third kappa shape index (κ3) is 6.77. The van der Waals surface area contributed by atoms with E-state index in [0.717, 1.165) is 12.8 Å². The van der Waals surface area contributed by atoms with Gasteiger partial charge in [0.1, 0.15) is 11.9 Å². The van der Waals surface area contributed by atoms with Crippen LogP contribution in [0.2, 0.25) is 0 Å². The van der Waals surface area contributed by atoms with Crippen molar-refractivity contribution in [3.8, 4) is 0 Å². The first-order valence-corrected chi connectivity index (χ1v) is 12.7. The van der Waals surface area contributed by atoms with Crippen LogP contribution in [0, 0.1) is 5.82 Å². The molecule has 1 saturated heterocycles. The molecule has 2 aromatic carbocycles. The molecule has 2 heterocycles. The summed E-state index contributed by atoms with van der Waals surface area (Å²) in [6.07, 6.45) is 1.75. The maximum atomic E-state index is 13.5. The molecule has 0 radical (unpaired) electrons. The van der Waals surface area contributed by atoms with Gasteiger partial charge in [-0.25, -0.2) is 4.39 Å². The largest absolute Gasteiger partial charge is 0.376 e. The van der Waals surface area contributed by atoms with E-state index in [1.165, 1.54) is 28.4 Å². The lowest BCUT2D eigenvalue weighted by Crippen LogP contribution is -2.47. The van der Waals surface area contributed by atoms with Gasteiger partial charge in [0.25, 0.3) is 5.91 Å². The Labute approximate surface area is 213 Å². The molecule has 0 spiro atoms. The number of hydrogen-bond donors (Lipinski definition) is 2. The number of nitrogens with zero attached hydrogens (tertiary/aromatic N) is 1. The number of benzene rings is 2. The highest BCUT2D eigenvalue weighted by Gasteiger charge is 2.32. The average Bonchev–Trinajstić information content (AvgIpc) is 3.62. The van der Waals surface area contributed by atoms with Crippen molar-refractivity contribution in [3.63, 3.8) is 0 Å². The molecule has 7 nitrogen and oxygen atoms in total. The van der Waals surface area contributed by atoms with Crippen molar-refractivity contribution in [2.45, 2.75) is 31.5 Å². The predicted octanol–water partition coefficient (Wildman–Crippen LogP) is 3.68. The first-order valence-electron chi connectivity index (χ1n) is 11.8. The van der Waals surface area contributed by atoms with Gasteiger partial charge in [0, 0.05) is 19.7 Å². The Bertz CT molecular complexity index is 1150. The van der Waals surface area contributed by atoms with E-state index < -0.39 is 17.8 Å². The van der Waals surface area contributed by atoms with E-state index >= 15 is 0 Å². The SMILES string of the molecule is O=C(NCC(=O)N(Cc1ccc(F)cc1)[C@H](C(=O)NC[C@H]1CCCO1)c1ccccc1)c1cccs1. The maximum absolute atomic E-state index is 13.5. The Kier molecular flexibility index (Phi) is 8.80. The third-order valence-corrected chi connectivity index (χ3v) is 6.80. The Morgan fingerprint density at radius 3 is 2.47 bits per heavy atom. The van der Waals surface area contributed by atoms with Crippen LogP contribution < -0.4 is 10.6 Å². The molecule has 0 bridgehead atoms. The van der Waals surface area contributed by atoms with Crippen molar-refractivity contribution in [1.29, 1.82) is 0 Å². The highest BCUT2D eigenvalue weighted by molar-refractivity contribution is 7.12. The van der Waals surface area contributed by atoms with E-state index in [2.05, 4.69) is 10.6 Å². The van der Waals surface area contributed by atoms with Crippen LogP contribution in [0.5, 0.6) is 0 Å². The Morgan fingerprint density at radius 2 is 1.81 bits per heavy atom. The number of carbonyl (C=O) groups is 3. The molecule has 2 atom stereocenters. The molecule has 1 fully saturated rings. The quantitative estimate of drug-likeness (QED) is 0.437. The number of hydrogen-bond acceptors (Lipinski definition) is 5. The molecule has 2 N–H and O–H groups in total. The Balaban J connectivity index is 1.58. The van der Waals surface area contributed by atoms with Crippen molar-refractivity contribution in [1.82, 2.24) is 15.5 Å². The number of ether oxygens (including phenoxy) is 1. The van der Waals surface area contributed by atoms with Crippen LogP contribution in [-0.2, 0) is 20.9 Å². The molecule has 0 aliphatic carbocycles. The number of carbonyl (C=O) groups excluding carboxylic acids is 3. The van der Waals surface area contributed by atoms with Crippen molar-refractivity contribution < 1.29 is 23.5 Å². The summed E-state index contributed by atoms with van der Waals surface area (Å²) in [6.45, 7) is 0.777. The van der Waals surface area contributed by atoms with E-state index in [0.29, 0.717) is 29.2 Å². The van der Waals surface area contributed by atoms with Gasteiger partial charge in [-0.05, 0) is 47.5 Å². The topological polar surface area (TPSA) is 87.7 Å². The Morgan fingerprint density at radius 1 is 1.03 bits per heavy atom. The predicted molar refractivity (Wildman–Crippen MR) is 135 cm³/mol. The normalized spacial score (nSPS) is 15.8. The van der Waals surface area contributed by atoms with Crippen LogP contribution in [-0.4, -0.2) is 48.4 Å². The number of rotatable bonds is 10. The lowest BCUT2D eigenvalue weighted by atomic mass is 10.0. The Hall–Kier alpha value is -3.56. The van der Waals surface area contributed by atoms with Crippen LogP contribution in [0.25, 0.3) is 0 Å². The minimum absolute atomic E-state index is 0.0564. The molecule has 4 rings (SSSR count). The summed E-state index contributed by atoms with van der Waals surface area (Å²) in [5.41, 5.74) is 1.28. The van der Waals surface area contributed by atoms with Crippen LogP contribution in [0.4, 0.5) is 4.39 Å². The molecule has 36 heavy (non-hydrogen) atoms. The molecular weight excluding hydrogens is 481 g/mol. The summed E-state index contributed by atoms with van der Waals surface area (Å²) in [4.78, 5) is 41.4. The fraction of sp³-hybridized carbons (Fsp3) is 0.296. The second-order valence-electron chi connectivity index (χ2n) is 8.50. The summed E-state index contributed by atoms with van der Waals surface area (Å²) >= 11 is 1.27. The third-order valence-electron chi connectivity index (χ3n) is 5.93. The zero-order valence-corrected chi connectivity index (χ0v) is 20.5. The van der Waals surface area contributed by atoms with Gasteiger partial charge in [0.2, 0.25) is 11.8 Å². The second-order valence-corrected chi connectivity index (χ2v) is 9.45. The van der Waals surface area contributed by atoms with Crippen LogP contribution in [0.1, 0.15) is 39.7 Å². The van der Waals surface area contributed by atoms with Gasteiger partial charge in [-0.1, -0.05) is 48.5 Å². The summed E-state index contributed by atoms with van der Waals surface area (Å²) in [7, 11) is 0. The molecule has 1 aliphatic rings. The van der Waals surface area contributed by atoms with Gasteiger partial charge in [-0.3, -0.25) is 14.4 Å². The van der Waals surface area contributed by atoms with Crippen molar-refractivity contribution in [2.75, 3.05) is 19.7 Å². The molecule has 3 amide bonds. The zero-order chi connectivity index (χ0) is 25.3. The minimum atomic E-state index is -0.955. The number of halogens is 1. The minimum Gasteiger partial charge on any atom is -0.376 e. The average molecular weight is 510 g/mol. The van der Waals surface area contributed by atoms with Crippen molar-refractivity contribution in [2.24, 2.45) is 0 Å². The van der Waals surface area contributed by atoms with E-state index in [1.807, 2.05) is 6.07 Å². The standard InChI is InChI=1S/C27H28FN3O4S/c28-21-12-10-19(11-13-21)18-31(24(32)17-30-26(33)23-9-5-15-36-23)25(20-6-2-1-3-7-20)27(34)29-16-22-8-4-14-35-22/h1-3,5-7,9-13,15,22,25H,4,8,14,16-18H2,(H,29,34)(H,30,33)/t22-,25+/m1/s1. The molecule has 1 aliphatic heterocycles. The monoisotopic (exact) mass is 509 g/mol. The lowest BCUT2D eigenvalue weighted by molar-refractivity contribution is -0.141. The molecule has 3 aromatic rings. The fourth-order valence-corrected chi connectivity index (χ4v) is 4.73. The van der Waals surface area contributed by atoms with Gasteiger partial charge in [-0.2, -0.15) is 0 Å². The van der Waals surface area contributed by atoms with E-state index in [1.54, 1.807) is 53.9 Å². The number of thiophene rings is 1. The summed E-state index contributed by atoms with van der Waals surface area (Å²) in [5.74, 6) is -1.55. The van der Waals surface area contributed by atoms with Gasteiger partial charge >= 0.3 is 0 Å². The summed E-state index contributed by atoms with van der Waals surface area (Å²) in [5, 5.41) is 7.37. The van der Waals surface area contributed by atoms with Crippen LogP contribution in [0.3, 0.4) is 0 Å². The maximum Gasteiger partial charge on any atom is 0.261 e. The van der Waals surface area contributed by atoms with Gasteiger partial charge in [0.05, 0.1) is 17.5 Å². The number of amides is 3. The van der Waals surface area contributed by atoms with Gasteiger partial charge in [-0.15, -0.1) is 11.3 Å². The molecule has 0 unspecified atom stereocenters. The van der Waals surface area contributed by atoms with E-state index in [-0.39, 0.29) is 31.0 Å². The zero-order valence-electron chi connectivity index (χ0n) is 19.7. The van der Waals surface area contributed by atoms with Crippen LogP contribution >= 0.6 is 11.3 Å². The van der Waals surface area contributed by atoms with Gasteiger partial charge in [0.15, 0.2) is 0 Å². The first kappa shape index (κ1) is 25.5. The van der Waals surface area contributed by atoms with E-state index in [9.17, 15) is 18.8 Å². The molecule has 9 heteroatoms. The highest BCUT2D eigenvalue weighted by Crippen LogP contribution is 2.24. The highest BCUT2D eigenvalue weighted by atomic mass is 32.1. The van der Waals surface area contributed by atoms with Gasteiger partial charge < -0.3 is 20.3 Å². The molecule has 188 valence electrons. The van der Waals surface area contributed by atoms with E-state index in [4.69, 9.17) is 4.74 Å². The smallest absolute Gasteiger partial charge is 0.261 e. The number of nitrogens with one attached hydrogen (secondary N) is 2.